The molecule has 3 aromatic heterocycles. The first-order valence-corrected chi connectivity index (χ1v) is 9.63. The molecule has 158 valence electrons. The lowest BCUT2D eigenvalue weighted by Gasteiger charge is -2.16. The fraction of sp³-hybridized carbons (Fsp3) is 0.238. The van der Waals surface area contributed by atoms with E-state index in [-0.39, 0.29) is 18.5 Å². The SMILES string of the molecule is O=C(Nc1ccn([C@H]2CC[C@@H](COC(=O)c3cccnc3)O2)c(=O)n1)c1cccnc1. The Morgan fingerprint density at radius 3 is 2.52 bits per heavy atom. The number of aromatic nitrogens is 4. The van der Waals surface area contributed by atoms with E-state index in [1.54, 1.807) is 36.7 Å². The van der Waals surface area contributed by atoms with Crippen LogP contribution in [0, 0.1) is 0 Å². The predicted molar refractivity (Wildman–Crippen MR) is 108 cm³/mol. The minimum absolute atomic E-state index is 0.0751. The maximum atomic E-state index is 12.4. The Kier molecular flexibility index (Phi) is 6.08. The van der Waals surface area contributed by atoms with Crippen molar-refractivity contribution in [2.24, 2.45) is 0 Å². The smallest absolute Gasteiger partial charge is 0.351 e. The summed E-state index contributed by atoms with van der Waals surface area (Å²) in [7, 11) is 0. The lowest BCUT2D eigenvalue weighted by molar-refractivity contribution is -0.0339. The van der Waals surface area contributed by atoms with E-state index in [0.717, 1.165) is 0 Å². The third-order valence-electron chi connectivity index (χ3n) is 4.69. The highest BCUT2D eigenvalue weighted by Gasteiger charge is 2.28. The summed E-state index contributed by atoms with van der Waals surface area (Å²) >= 11 is 0. The van der Waals surface area contributed by atoms with Crippen LogP contribution >= 0.6 is 0 Å². The van der Waals surface area contributed by atoms with Crippen LogP contribution in [0.1, 0.15) is 39.8 Å². The Labute approximate surface area is 176 Å². The van der Waals surface area contributed by atoms with Crippen LogP contribution in [0.4, 0.5) is 5.82 Å². The summed E-state index contributed by atoms with van der Waals surface area (Å²) in [5.41, 5.74) is 0.166. The van der Waals surface area contributed by atoms with Gasteiger partial charge in [-0.25, -0.2) is 9.59 Å². The Hall–Kier alpha value is -3.92. The number of esters is 1. The normalized spacial score (nSPS) is 17.8. The van der Waals surface area contributed by atoms with Gasteiger partial charge in [0.05, 0.1) is 17.2 Å². The molecule has 0 spiro atoms. The highest BCUT2D eigenvalue weighted by atomic mass is 16.6. The highest BCUT2D eigenvalue weighted by molar-refractivity contribution is 6.03. The number of pyridine rings is 2. The van der Waals surface area contributed by atoms with Gasteiger partial charge in [-0.1, -0.05) is 0 Å². The summed E-state index contributed by atoms with van der Waals surface area (Å²) in [5.74, 6) is -0.756. The van der Waals surface area contributed by atoms with Gasteiger partial charge < -0.3 is 14.8 Å². The number of carbonyl (C=O) groups excluding carboxylic acids is 2. The number of anilines is 1. The van der Waals surface area contributed by atoms with E-state index in [1.807, 2.05) is 0 Å². The monoisotopic (exact) mass is 421 g/mol. The van der Waals surface area contributed by atoms with E-state index in [4.69, 9.17) is 9.47 Å². The van der Waals surface area contributed by atoms with Crippen molar-refractivity contribution in [3.63, 3.8) is 0 Å². The van der Waals surface area contributed by atoms with Gasteiger partial charge in [0, 0.05) is 31.0 Å². The fourth-order valence-corrected chi connectivity index (χ4v) is 3.14. The van der Waals surface area contributed by atoms with E-state index in [1.165, 1.54) is 29.2 Å². The first kappa shape index (κ1) is 20.4. The molecule has 0 aliphatic carbocycles. The molecule has 1 amide bonds. The van der Waals surface area contributed by atoms with Crippen molar-refractivity contribution in [2.45, 2.75) is 25.2 Å². The maximum Gasteiger partial charge on any atom is 0.351 e. The highest BCUT2D eigenvalue weighted by Crippen LogP contribution is 2.27. The second-order valence-electron chi connectivity index (χ2n) is 6.83. The van der Waals surface area contributed by atoms with Gasteiger partial charge in [0.25, 0.3) is 5.91 Å². The summed E-state index contributed by atoms with van der Waals surface area (Å²) in [6.45, 7) is 0.0751. The van der Waals surface area contributed by atoms with Crippen LogP contribution in [0.25, 0.3) is 0 Å². The van der Waals surface area contributed by atoms with Crippen LogP contribution in [0.3, 0.4) is 0 Å². The minimum atomic E-state index is -0.554. The number of nitrogens with zero attached hydrogens (tertiary/aromatic N) is 4. The second-order valence-corrected chi connectivity index (χ2v) is 6.83. The zero-order valence-electron chi connectivity index (χ0n) is 16.4. The molecule has 1 aliphatic heterocycles. The molecule has 0 radical (unpaired) electrons. The molecule has 0 saturated carbocycles. The van der Waals surface area contributed by atoms with Gasteiger partial charge in [0.2, 0.25) is 0 Å². The molecule has 10 nitrogen and oxygen atoms in total. The topological polar surface area (TPSA) is 125 Å². The molecule has 10 heteroatoms. The van der Waals surface area contributed by atoms with Crippen molar-refractivity contribution in [3.05, 3.63) is 82.9 Å². The third kappa shape index (κ3) is 4.98. The first-order chi connectivity index (χ1) is 15.1. The van der Waals surface area contributed by atoms with E-state index < -0.39 is 23.8 Å². The standard InChI is InChI=1S/C21H19N5O5/c27-19(14-3-1-8-22-11-14)24-17-7-10-26(21(29)25-17)18-6-5-16(31-18)13-30-20(28)15-4-2-9-23-12-15/h1-4,7-12,16,18H,5-6,13H2,(H,24,25,27,29)/t16-,18+/m0/s1. The number of rotatable bonds is 6. The molecular formula is C21H19N5O5. The lowest BCUT2D eigenvalue weighted by atomic mass is 10.2. The summed E-state index contributed by atoms with van der Waals surface area (Å²) in [5, 5.41) is 2.57. The molecule has 4 heterocycles. The molecule has 1 saturated heterocycles. The van der Waals surface area contributed by atoms with Gasteiger partial charge in [-0.3, -0.25) is 19.3 Å². The van der Waals surface area contributed by atoms with Crippen molar-refractivity contribution < 1.29 is 19.1 Å². The minimum Gasteiger partial charge on any atom is -0.459 e. The average Bonchev–Trinajstić information content (AvgIpc) is 3.27. The molecule has 1 aliphatic rings. The Morgan fingerprint density at radius 2 is 1.84 bits per heavy atom. The summed E-state index contributed by atoms with van der Waals surface area (Å²) in [6, 6.07) is 8.04. The number of amides is 1. The third-order valence-corrected chi connectivity index (χ3v) is 4.69. The Bertz CT molecular complexity index is 1120. The number of carbonyl (C=O) groups is 2. The number of hydrogen-bond acceptors (Lipinski definition) is 8. The molecule has 0 bridgehead atoms. The van der Waals surface area contributed by atoms with Crippen LogP contribution in [0.15, 0.2) is 66.1 Å². The van der Waals surface area contributed by atoms with Crippen LogP contribution in [-0.4, -0.2) is 44.1 Å². The quantitative estimate of drug-likeness (QED) is 0.598. The summed E-state index contributed by atoms with van der Waals surface area (Å²) in [6.07, 6.45) is 7.84. The predicted octanol–water partition coefficient (Wildman–Crippen LogP) is 1.82. The van der Waals surface area contributed by atoms with Gasteiger partial charge in [-0.05, 0) is 43.2 Å². The van der Waals surface area contributed by atoms with Crippen LogP contribution in [0.2, 0.25) is 0 Å². The van der Waals surface area contributed by atoms with Crippen molar-refractivity contribution >= 4 is 17.7 Å². The molecular weight excluding hydrogens is 402 g/mol. The molecule has 1 fully saturated rings. The van der Waals surface area contributed by atoms with Gasteiger partial charge >= 0.3 is 11.7 Å². The van der Waals surface area contributed by atoms with Gasteiger partial charge in [-0.2, -0.15) is 4.98 Å². The summed E-state index contributed by atoms with van der Waals surface area (Å²) < 4.78 is 12.5. The Balaban J connectivity index is 1.33. The van der Waals surface area contributed by atoms with E-state index >= 15 is 0 Å². The molecule has 0 unspecified atom stereocenters. The van der Waals surface area contributed by atoms with Crippen molar-refractivity contribution in [1.29, 1.82) is 0 Å². The van der Waals surface area contributed by atoms with Gasteiger partial charge in [0.1, 0.15) is 18.7 Å². The lowest BCUT2D eigenvalue weighted by Crippen LogP contribution is -2.29. The number of hydrogen-bond donors (Lipinski definition) is 1. The van der Waals surface area contributed by atoms with Crippen molar-refractivity contribution in [2.75, 3.05) is 11.9 Å². The Morgan fingerprint density at radius 1 is 1.10 bits per heavy atom. The maximum absolute atomic E-state index is 12.4. The summed E-state index contributed by atoms with van der Waals surface area (Å²) in [4.78, 5) is 48.3. The van der Waals surface area contributed by atoms with Crippen molar-refractivity contribution in [1.82, 2.24) is 19.5 Å². The molecule has 0 aromatic carbocycles. The second kappa shape index (κ2) is 9.26. The molecule has 1 N–H and O–H groups in total. The first-order valence-electron chi connectivity index (χ1n) is 9.63. The van der Waals surface area contributed by atoms with E-state index in [9.17, 15) is 14.4 Å². The zero-order chi connectivity index (χ0) is 21.6. The average molecular weight is 421 g/mol. The molecule has 3 aromatic rings. The van der Waals surface area contributed by atoms with E-state index in [2.05, 4.69) is 20.3 Å². The molecule has 31 heavy (non-hydrogen) atoms. The molecule has 2 atom stereocenters. The number of ether oxygens (including phenoxy) is 2. The fourth-order valence-electron chi connectivity index (χ4n) is 3.14. The van der Waals surface area contributed by atoms with E-state index in [0.29, 0.717) is 24.0 Å². The van der Waals surface area contributed by atoms with Crippen LogP contribution < -0.4 is 11.0 Å². The van der Waals surface area contributed by atoms with Crippen molar-refractivity contribution in [3.8, 4) is 0 Å². The zero-order valence-corrected chi connectivity index (χ0v) is 16.4. The largest absolute Gasteiger partial charge is 0.459 e. The van der Waals surface area contributed by atoms with Gasteiger partial charge in [0.15, 0.2) is 0 Å². The van der Waals surface area contributed by atoms with Crippen LogP contribution in [0.5, 0.6) is 0 Å². The molecule has 4 rings (SSSR count). The van der Waals surface area contributed by atoms with Crippen LogP contribution in [-0.2, 0) is 9.47 Å². The number of nitrogens with one attached hydrogen (secondary N) is 1. The van der Waals surface area contributed by atoms with Gasteiger partial charge in [-0.15, -0.1) is 0 Å².